The first-order valence-corrected chi connectivity index (χ1v) is 14.9. The monoisotopic (exact) mass is 635 g/mol. The molecular weight excluding hydrogens is 595 g/mol. The second-order valence-electron chi connectivity index (χ2n) is 11.5. The van der Waals surface area contributed by atoms with Gasteiger partial charge in [0, 0.05) is 56.9 Å². The molecule has 3 N–H and O–H groups in total. The van der Waals surface area contributed by atoms with Crippen LogP contribution in [-0.2, 0) is 15.7 Å². The standard InChI is InChI=1S/C31H40F3N5O6/c1-20-17-39(21(2)19-40)29(42)25-16-24(35-28(41)10-11-38-12-14-44-15-13-38)8-9-26(25)45-27(20)18-37(3)30(43)36-23-6-4-22(5-7-23)31(32,33)34/h4-9,16,20-21,27,40H,10-15,17-19H2,1-3H3,(H,35,41)(H,36,43)/t20-,21+,27+/m1/s1. The number of hydrogen-bond acceptors (Lipinski definition) is 7. The molecule has 1 saturated heterocycles. The molecule has 2 aromatic rings. The number of benzene rings is 2. The quantitative estimate of drug-likeness (QED) is 0.384. The number of urea groups is 1. The summed E-state index contributed by atoms with van der Waals surface area (Å²) in [5.74, 6) is -0.588. The van der Waals surface area contributed by atoms with Gasteiger partial charge in [-0.25, -0.2) is 4.79 Å². The third-order valence-corrected chi connectivity index (χ3v) is 7.97. The molecule has 0 bridgehead atoms. The van der Waals surface area contributed by atoms with E-state index >= 15 is 0 Å². The molecule has 2 aromatic carbocycles. The Balaban J connectivity index is 1.48. The van der Waals surface area contributed by atoms with Gasteiger partial charge in [0.05, 0.1) is 43.5 Å². The Hall–Kier alpha value is -3.88. The van der Waals surface area contributed by atoms with E-state index in [1.807, 2.05) is 6.92 Å². The Morgan fingerprint density at radius 2 is 1.76 bits per heavy atom. The lowest BCUT2D eigenvalue weighted by atomic mass is 9.99. The second kappa shape index (κ2) is 14.9. The summed E-state index contributed by atoms with van der Waals surface area (Å²) in [7, 11) is 1.53. The molecule has 1 fully saturated rings. The summed E-state index contributed by atoms with van der Waals surface area (Å²) < 4.78 is 50.4. The Morgan fingerprint density at radius 3 is 2.40 bits per heavy atom. The van der Waals surface area contributed by atoms with Gasteiger partial charge in [-0.15, -0.1) is 0 Å². The van der Waals surface area contributed by atoms with Crippen molar-refractivity contribution in [1.82, 2.24) is 14.7 Å². The number of carbonyl (C=O) groups excluding carboxylic acids is 3. The van der Waals surface area contributed by atoms with Crippen LogP contribution in [0.4, 0.5) is 29.3 Å². The zero-order chi connectivity index (χ0) is 32.7. The van der Waals surface area contributed by atoms with Crippen LogP contribution in [-0.4, -0.2) is 109 Å². The zero-order valence-electron chi connectivity index (χ0n) is 25.6. The predicted octanol–water partition coefficient (Wildman–Crippen LogP) is 3.75. The van der Waals surface area contributed by atoms with Crippen LogP contribution in [0.3, 0.4) is 0 Å². The predicted molar refractivity (Wildman–Crippen MR) is 161 cm³/mol. The Kier molecular flexibility index (Phi) is 11.3. The molecule has 4 rings (SSSR count). The molecule has 2 aliphatic heterocycles. The van der Waals surface area contributed by atoms with Crippen molar-refractivity contribution in [1.29, 1.82) is 0 Å². The van der Waals surface area contributed by atoms with Crippen molar-refractivity contribution in [3.05, 3.63) is 53.6 Å². The summed E-state index contributed by atoms with van der Waals surface area (Å²) in [5, 5.41) is 15.4. The highest BCUT2D eigenvalue weighted by Gasteiger charge is 2.34. The highest BCUT2D eigenvalue weighted by Crippen LogP contribution is 2.32. The van der Waals surface area contributed by atoms with Crippen molar-refractivity contribution in [2.75, 3.05) is 70.2 Å². The molecule has 3 atom stereocenters. The molecule has 4 amide bonds. The first-order valence-electron chi connectivity index (χ1n) is 14.9. The topological polar surface area (TPSA) is 124 Å². The van der Waals surface area contributed by atoms with Crippen LogP contribution in [0, 0.1) is 5.92 Å². The number of alkyl halides is 3. The summed E-state index contributed by atoms with van der Waals surface area (Å²) >= 11 is 0. The smallest absolute Gasteiger partial charge is 0.416 e. The maximum Gasteiger partial charge on any atom is 0.416 e. The number of likely N-dealkylation sites (N-methyl/N-ethyl adjacent to an activating group) is 1. The van der Waals surface area contributed by atoms with E-state index in [9.17, 15) is 32.7 Å². The third kappa shape index (κ3) is 9.08. The first-order chi connectivity index (χ1) is 21.3. The van der Waals surface area contributed by atoms with Crippen molar-refractivity contribution in [2.24, 2.45) is 5.92 Å². The van der Waals surface area contributed by atoms with E-state index in [4.69, 9.17) is 9.47 Å². The molecule has 0 spiro atoms. The molecule has 0 radical (unpaired) electrons. The van der Waals surface area contributed by atoms with Gasteiger partial charge < -0.3 is 35.0 Å². The summed E-state index contributed by atoms with van der Waals surface area (Å²) in [6.07, 6.45) is -4.81. The molecule has 0 unspecified atom stereocenters. The fraction of sp³-hybridized carbons (Fsp3) is 0.516. The van der Waals surface area contributed by atoms with Crippen molar-refractivity contribution in [3.63, 3.8) is 0 Å². The maximum atomic E-state index is 13.7. The minimum absolute atomic E-state index is 0.0860. The van der Waals surface area contributed by atoms with Gasteiger partial charge in [-0.05, 0) is 49.4 Å². The number of nitrogens with one attached hydrogen (secondary N) is 2. The van der Waals surface area contributed by atoms with Crippen molar-refractivity contribution in [3.8, 4) is 5.75 Å². The lowest BCUT2D eigenvalue weighted by molar-refractivity contribution is -0.137. The van der Waals surface area contributed by atoms with Gasteiger partial charge in [0.25, 0.3) is 5.91 Å². The number of rotatable bonds is 9. The largest absolute Gasteiger partial charge is 0.487 e. The van der Waals surface area contributed by atoms with Crippen LogP contribution in [0.15, 0.2) is 42.5 Å². The van der Waals surface area contributed by atoms with E-state index in [0.29, 0.717) is 25.4 Å². The molecule has 246 valence electrons. The van der Waals surface area contributed by atoms with Crippen LogP contribution < -0.4 is 15.4 Å². The van der Waals surface area contributed by atoms with E-state index in [1.165, 1.54) is 24.1 Å². The molecule has 0 aromatic heterocycles. The minimum atomic E-state index is -4.49. The number of anilines is 2. The Bertz CT molecular complexity index is 1340. The summed E-state index contributed by atoms with van der Waals surface area (Å²) in [6.45, 7) is 7.01. The van der Waals surface area contributed by atoms with E-state index < -0.39 is 29.9 Å². The lowest BCUT2D eigenvalue weighted by Crippen LogP contribution is -2.50. The second-order valence-corrected chi connectivity index (χ2v) is 11.5. The molecular formula is C31H40F3N5O6. The maximum absolute atomic E-state index is 13.7. The van der Waals surface area contributed by atoms with Crippen molar-refractivity contribution >= 4 is 29.2 Å². The molecule has 45 heavy (non-hydrogen) atoms. The fourth-order valence-corrected chi connectivity index (χ4v) is 5.14. The SMILES string of the molecule is C[C@@H]1CN([C@@H](C)CO)C(=O)c2cc(NC(=O)CCN3CCOCC3)ccc2O[C@H]1CN(C)C(=O)Nc1ccc(C(F)(F)F)cc1. The number of morpholine rings is 1. The van der Waals surface area contributed by atoms with Gasteiger partial charge in [-0.3, -0.25) is 14.5 Å². The Morgan fingerprint density at radius 1 is 1.09 bits per heavy atom. The molecule has 2 aliphatic rings. The first kappa shape index (κ1) is 34.0. The molecule has 2 heterocycles. The number of aliphatic hydroxyl groups excluding tert-OH is 1. The van der Waals surface area contributed by atoms with Gasteiger partial charge >= 0.3 is 12.2 Å². The number of hydrogen-bond donors (Lipinski definition) is 3. The molecule has 14 heteroatoms. The number of fused-ring (bicyclic) bond motifs is 1. The van der Waals surface area contributed by atoms with Crippen LogP contribution >= 0.6 is 0 Å². The van der Waals surface area contributed by atoms with E-state index in [0.717, 1.165) is 25.2 Å². The van der Waals surface area contributed by atoms with Crippen molar-refractivity contribution in [2.45, 2.75) is 38.6 Å². The number of aliphatic hydroxyl groups is 1. The van der Waals surface area contributed by atoms with Crippen LogP contribution in [0.5, 0.6) is 5.75 Å². The zero-order valence-corrected chi connectivity index (χ0v) is 25.6. The summed E-state index contributed by atoms with van der Waals surface area (Å²) in [4.78, 5) is 44.4. The van der Waals surface area contributed by atoms with Crippen LogP contribution in [0.2, 0.25) is 0 Å². The van der Waals surface area contributed by atoms with Gasteiger partial charge in [-0.2, -0.15) is 13.2 Å². The third-order valence-electron chi connectivity index (χ3n) is 7.97. The minimum Gasteiger partial charge on any atom is -0.487 e. The van der Waals surface area contributed by atoms with Gasteiger partial charge in [-0.1, -0.05) is 6.92 Å². The van der Waals surface area contributed by atoms with Crippen LogP contribution in [0.1, 0.15) is 36.2 Å². The lowest BCUT2D eigenvalue weighted by Gasteiger charge is -2.38. The highest BCUT2D eigenvalue weighted by molar-refractivity contribution is 6.00. The number of ether oxygens (including phenoxy) is 2. The number of amides is 4. The number of carbonyl (C=O) groups is 3. The van der Waals surface area contributed by atoms with E-state index in [-0.39, 0.29) is 60.8 Å². The number of nitrogens with zero attached hydrogens (tertiary/aromatic N) is 3. The molecule has 0 saturated carbocycles. The fourth-order valence-electron chi connectivity index (χ4n) is 5.14. The van der Waals surface area contributed by atoms with Gasteiger partial charge in [0.15, 0.2) is 0 Å². The van der Waals surface area contributed by atoms with Gasteiger partial charge in [0.2, 0.25) is 5.91 Å². The van der Waals surface area contributed by atoms with E-state index in [2.05, 4.69) is 15.5 Å². The average Bonchev–Trinajstić information content (AvgIpc) is 3.01. The highest BCUT2D eigenvalue weighted by atomic mass is 19.4. The summed E-state index contributed by atoms with van der Waals surface area (Å²) in [5.41, 5.74) is 0.00334. The Labute approximate surface area is 260 Å². The van der Waals surface area contributed by atoms with Crippen LogP contribution in [0.25, 0.3) is 0 Å². The summed E-state index contributed by atoms with van der Waals surface area (Å²) in [6, 6.07) is 7.86. The normalized spacial score (nSPS) is 19.9. The van der Waals surface area contributed by atoms with E-state index in [1.54, 1.807) is 30.0 Å². The van der Waals surface area contributed by atoms with Gasteiger partial charge in [0.1, 0.15) is 11.9 Å². The molecule has 11 nitrogen and oxygen atoms in total. The average molecular weight is 636 g/mol. The number of halogens is 3. The van der Waals surface area contributed by atoms with Crippen molar-refractivity contribution < 1.29 is 42.1 Å². The molecule has 0 aliphatic carbocycles.